The van der Waals surface area contributed by atoms with Crippen LogP contribution in [-0.4, -0.2) is 40.6 Å². The molecule has 0 saturated heterocycles. The van der Waals surface area contributed by atoms with Crippen LogP contribution in [0.5, 0.6) is 11.5 Å². The third-order valence-electron chi connectivity index (χ3n) is 6.54. The largest absolute Gasteiger partial charge is 0.493 e. The van der Waals surface area contributed by atoms with Gasteiger partial charge in [0.05, 0.1) is 35.3 Å². The monoisotopic (exact) mass is 510 g/mol. The Labute approximate surface area is 205 Å². The molecule has 3 atom stereocenters. The predicted molar refractivity (Wildman–Crippen MR) is 134 cm³/mol. The Morgan fingerprint density at radius 2 is 1.62 bits per heavy atom. The minimum Gasteiger partial charge on any atom is -0.493 e. The third-order valence-corrected chi connectivity index (χ3v) is 11.0. The summed E-state index contributed by atoms with van der Waals surface area (Å²) in [6.45, 7) is 14.5. The zero-order valence-corrected chi connectivity index (χ0v) is 23.2. The molecule has 1 heterocycles. The molecule has 0 bridgehead atoms. The van der Waals surface area contributed by atoms with E-state index in [1.54, 1.807) is 12.3 Å². The molecule has 1 aromatic rings. The summed E-state index contributed by atoms with van der Waals surface area (Å²) in [5.41, 5.74) is 3.63. The molecule has 6 heteroatoms. The van der Waals surface area contributed by atoms with Crippen LogP contribution in [0.2, 0.25) is 39.3 Å². The van der Waals surface area contributed by atoms with Crippen molar-refractivity contribution in [2.45, 2.75) is 63.8 Å². The number of hydrogen-bond donors (Lipinski definition) is 1. The van der Waals surface area contributed by atoms with Gasteiger partial charge in [0.2, 0.25) is 0 Å². The molecule has 174 valence electrons. The van der Waals surface area contributed by atoms with Crippen molar-refractivity contribution >= 4 is 16.1 Å². The summed E-state index contributed by atoms with van der Waals surface area (Å²) in [5, 5.41) is 14.0. The fourth-order valence-electron chi connectivity index (χ4n) is 5.22. The second-order valence-corrected chi connectivity index (χ2v) is 20.9. The molecule has 1 N–H and O–H groups in total. The molecule has 1 aliphatic heterocycles. The Morgan fingerprint density at radius 3 is 2.12 bits per heavy atom. The number of rotatable bonds is 3. The van der Waals surface area contributed by atoms with Crippen LogP contribution < -0.4 is 9.47 Å². The van der Waals surface area contributed by atoms with Crippen LogP contribution in [0, 0.1) is 6.42 Å². The predicted octanol–water partition coefficient (Wildman–Crippen LogP) is 5.76. The molecular formula is C26H35CoO3Si2. The Bertz CT molecular complexity index is 999. The molecule has 4 aliphatic rings. The van der Waals surface area contributed by atoms with E-state index in [0.717, 1.165) is 17.1 Å². The summed E-state index contributed by atoms with van der Waals surface area (Å²) >= 11 is 0. The molecule has 0 saturated carbocycles. The fourth-order valence-corrected chi connectivity index (χ4v) is 11.0. The van der Waals surface area contributed by atoms with Crippen LogP contribution in [0.1, 0.15) is 17.0 Å². The smallest absolute Gasteiger partial charge is 0.166 e. The SMILES string of the molecule is COc1ccc2c3c1O[C@H]1C([Si](C)(C)C)=C([Si](C)(C)C)C=C([C@H](O)C2)[C@@H]31.[CH]1C=CC=C1.[Co]. The summed E-state index contributed by atoms with van der Waals surface area (Å²) < 4.78 is 12.3. The van der Waals surface area contributed by atoms with Crippen LogP contribution in [0.25, 0.3) is 0 Å². The first-order valence-corrected chi connectivity index (χ1v) is 18.2. The normalized spacial score (nSPS) is 24.8. The van der Waals surface area contributed by atoms with Gasteiger partial charge in [-0.3, -0.25) is 0 Å². The van der Waals surface area contributed by atoms with Crippen molar-refractivity contribution in [3.8, 4) is 11.5 Å². The van der Waals surface area contributed by atoms with Crippen LogP contribution in [0.15, 0.2) is 58.5 Å². The summed E-state index contributed by atoms with van der Waals surface area (Å²) in [7, 11) is -1.46. The van der Waals surface area contributed by atoms with Crippen molar-refractivity contribution in [3.63, 3.8) is 0 Å². The maximum Gasteiger partial charge on any atom is 0.166 e. The summed E-state index contributed by atoms with van der Waals surface area (Å²) in [5.74, 6) is 1.88. The zero-order chi connectivity index (χ0) is 22.6. The summed E-state index contributed by atoms with van der Waals surface area (Å²) in [6, 6.07) is 4.10. The van der Waals surface area contributed by atoms with Crippen molar-refractivity contribution in [1.29, 1.82) is 0 Å². The molecule has 0 fully saturated rings. The van der Waals surface area contributed by atoms with Crippen LogP contribution >= 0.6 is 0 Å². The molecule has 5 rings (SSSR count). The average Bonchev–Trinajstić information content (AvgIpc) is 3.36. The molecule has 3 aliphatic carbocycles. The third kappa shape index (κ3) is 4.40. The standard InChI is InChI=1S/C21H30O3Si2.C5H5.Co/c1-23-15-9-8-12-10-14(22)13-11-16(25(2,3)4)21(26(5,6)7)20-18(13)17(12)19(15)24-20;1-2-4-5-3-1;/h8-9,11,14,18,20,22H,10H2,1-7H3;1-5H;/t14-,18+,20-;;/m1../s1. The van der Waals surface area contributed by atoms with E-state index in [-0.39, 0.29) is 28.8 Å². The van der Waals surface area contributed by atoms with E-state index in [2.05, 4.69) is 51.4 Å². The van der Waals surface area contributed by atoms with Crippen molar-refractivity contribution < 1.29 is 31.4 Å². The molecule has 2 radical (unpaired) electrons. The second-order valence-electron chi connectivity index (χ2n) is 10.8. The first kappa shape index (κ1) is 25.3. The number of allylic oxidation sites excluding steroid dienone is 6. The van der Waals surface area contributed by atoms with E-state index < -0.39 is 22.3 Å². The fraction of sp³-hybridized carbons (Fsp3) is 0.423. The Kier molecular flexibility index (Phi) is 7.23. The molecule has 0 amide bonds. The van der Waals surface area contributed by atoms with Crippen molar-refractivity contribution in [1.82, 2.24) is 0 Å². The minimum absolute atomic E-state index is 0. The number of aliphatic hydroxyl groups excluding tert-OH is 1. The number of ether oxygens (including phenoxy) is 2. The van der Waals surface area contributed by atoms with E-state index in [4.69, 9.17) is 9.47 Å². The van der Waals surface area contributed by atoms with Gasteiger partial charge in [-0.15, -0.1) is 0 Å². The molecule has 1 aromatic carbocycles. The van der Waals surface area contributed by atoms with Gasteiger partial charge in [-0.25, -0.2) is 0 Å². The van der Waals surface area contributed by atoms with Gasteiger partial charge in [0.15, 0.2) is 11.5 Å². The minimum atomic E-state index is -1.60. The quantitative estimate of drug-likeness (QED) is 0.526. The molecule has 3 nitrogen and oxygen atoms in total. The summed E-state index contributed by atoms with van der Waals surface area (Å²) in [4.78, 5) is 0. The zero-order valence-electron chi connectivity index (χ0n) is 20.2. The van der Waals surface area contributed by atoms with Gasteiger partial charge in [0.1, 0.15) is 6.10 Å². The van der Waals surface area contributed by atoms with Gasteiger partial charge < -0.3 is 14.6 Å². The van der Waals surface area contributed by atoms with Crippen molar-refractivity contribution in [2.75, 3.05) is 7.11 Å². The van der Waals surface area contributed by atoms with Gasteiger partial charge in [0, 0.05) is 35.2 Å². The molecule has 0 unspecified atom stereocenters. The van der Waals surface area contributed by atoms with Gasteiger partial charge >= 0.3 is 0 Å². The number of hydrogen-bond acceptors (Lipinski definition) is 3. The maximum atomic E-state index is 10.9. The van der Waals surface area contributed by atoms with Crippen LogP contribution in [-0.2, 0) is 23.2 Å². The average molecular weight is 511 g/mol. The van der Waals surface area contributed by atoms with E-state index in [1.165, 1.54) is 16.3 Å². The van der Waals surface area contributed by atoms with E-state index in [1.807, 2.05) is 36.8 Å². The van der Waals surface area contributed by atoms with E-state index >= 15 is 0 Å². The number of methoxy groups -OCH3 is 1. The molecule has 32 heavy (non-hydrogen) atoms. The van der Waals surface area contributed by atoms with E-state index in [0.29, 0.717) is 6.42 Å². The maximum absolute atomic E-state index is 10.9. The van der Waals surface area contributed by atoms with Gasteiger partial charge in [-0.05, 0) is 22.4 Å². The summed E-state index contributed by atoms with van der Waals surface area (Å²) in [6.07, 6.45) is 12.7. The first-order chi connectivity index (χ1) is 14.5. The Morgan fingerprint density at radius 1 is 0.969 bits per heavy atom. The van der Waals surface area contributed by atoms with Crippen LogP contribution in [0.3, 0.4) is 0 Å². The Hall–Kier alpha value is -1.32. The van der Waals surface area contributed by atoms with Crippen molar-refractivity contribution in [3.05, 3.63) is 76.0 Å². The van der Waals surface area contributed by atoms with Gasteiger partial charge in [0.25, 0.3) is 0 Å². The number of benzene rings is 1. The van der Waals surface area contributed by atoms with E-state index in [9.17, 15) is 5.11 Å². The van der Waals surface area contributed by atoms with Gasteiger partial charge in [-0.2, -0.15) is 0 Å². The molecule has 0 aromatic heterocycles. The Balaban J connectivity index is 0.000000427. The van der Waals surface area contributed by atoms with Gasteiger partial charge in [-0.1, -0.05) is 80.9 Å². The van der Waals surface area contributed by atoms with Crippen LogP contribution in [0.4, 0.5) is 0 Å². The topological polar surface area (TPSA) is 38.7 Å². The molecular weight excluding hydrogens is 475 g/mol. The first-order valence-electron chi connectivity index (χ1n) is 11.2. The molecule has 0 spiro atoms. The second kappa shape index (κ2) is 9.14. The van der Waals surface area contributed by atoms with Crippen molar-refractivity contribution in [2.24, 2.45) is 0 Å². The number of aliphatic hydroxyl groups is 1.